The van der Waals surface area contributed by atoms with Gasteiger partial charge in [-0.05, 0) is 91.8 Å². The molecule has 0 aromatic heterocycles. The second-order valence-electron chi connectivity index (χ2n) is 17.1. The van der Waals surface area contributed by atoms with Gasteiger partial charge in [0.15, 0.2) is 11.5 Å². The number of rotatable bonds is 16. The monoisotopic (exact) mass is 922 g/mol. The number of phenolic OH excluding ortho intramolecular Hbond substituents is 2. The van der Waals surface area contributed by atoms with Gasteiger partial charge >= 0.3 is 0 Å². The van der Waals surface area contributed by atoms with Gasteiger partial charge in [0.05, 0.1) is 33.5 Å². The summed E-state index contributed by atoms with van der Waals surface area (Å²) >= 11 is 6.20. The van der Waals surface area contributed by atoms with E-state index in [-0.39, 0.29) is 68.3 Å². The normalized spacial score (nSPS) is 16.8. The Balaban J connectivity index is 1.09. The van der Waals surface area contributed by atoms with Gasteiger partial charge in [-0.25, -0.2) is 12.7 Å². The molecule has 0 radical (unpaired) electrons. The van der Waals surface area contributed by atoms with Gasteiger partial charge in [0.1, 0.15) is 27.6 Å². The minimum atomic E-state index is -4.17. The molecule has 1 aliphatic rings. The topological polar surface area (TPSA) is 215 Å². The minimum Gasteiger partial charge on any atom is -0.505 e. The summed E-state index contributed by atoms with van der Waals surface area (Å²) < 4.78 is 26.9. The molecule has 2 atom stereocenters. The summed E-state index contributed by atoms with van der Waals surface area (Å²) in [4.78, 5) is 65.5. The lowest BCUT2D eigenvalue weighted by molar-refractivity contribution is 0.0824. The number of carbonyl (C=O) groups excluding carboxylic acids is 1. The Morgan fingerprint density at radius 2 is 1.34 bits per heavy atom. The highest BCUT2D eigenvalue weighted by molar-refractivity contribution is 7.89. The van der Waals surface area contributed by atoms with E-state index in [1.54, 1.807) is 20.2 Å². The summed E-state index contributed by atoms with van der Waals surface area (Å²) in [6, 6.07) is 24.6. The molecule has 1 fully saturated rings. The zero-order chi connectivity index (χ0) is 47.1. The fourth-order valence-corrected chi connectivity index (χ4v) is 10.0. The zero-order valence-electron chi connectivity index (χ0n) is 36.8. The van der Waals surface area contributed by atoms with Gasteiger partial charge in [0, 0.05) is 28.2 Å². The number of hydrogen-bond acceptors (Lipinski definition) is 13. The molecule has 15 nitrogen and oxygen atoms in total. The third-order valence-corrected chi connectivity index (χ3v) is 15.0. The van der Waals surface area contributed by atoms with Crippen molar-refractivity contribution in [3.05, 3.63) is 153 Å². The first-order chi connectivity index (χ1) is 30.8. The molecular formula is C48H51ClN6O9S. The Morgan fingerprint density at radius 3 is 1.95 bits per heavy atom. The molecule has 1 saturated carbocycles. The van der Waals surface area contributed by atoms with E-state index in [0.717, 1.165) is 46.7 Å². The van der Waals surface area contributed by atoms with Crippen LogP contribution < -0.4 is 43.0 Å². The fraction of sp³-hybridized carbons (Fsp3) is 0.312. The van der Waals surface area contributed by atoms with Crippen LogP contribution in [0.2, 0.25) is 5.02 Å². The number of amides is 1. The average molecular weight is 923 g/mol. The average Bonchev–Trinajstić information content (AvgIpc) is 3.30. The van der Waals surface area contributed by atoms with E-state index in [4.69, 9.17) is 11.6 Å². The molecule has 0 bridgehead atoms. The lowest BCUT2D eigenvalue weighted by Gasteiger charge is -2.37. The van der Waals surface area contributed by atoms with Crippen molar-refractivity contribution in [2.24, 2.45) is 5.92 Å². The molecule has 1 amide bonds. The molecule has 7 rings (SSSR count). The number of aromatic hydroxyl groups is 2. The Labute approximate surface area is 381 Å². The number of nitrogens with one attached hydrogen (secondary N) is 4. The summed E-state index contributed by atoms with van der Waals surface area (Å²) in [5.74, 6) is -1.23. The number of anilines is 6. The van der Waals surface area contributed by atoms with Crippen LogP contribution in [0.1, 0.15) is 85.0 Å². The smallest absolute Gasteiger partial charge is 0.257 e. The Morgan fingerprint density at radius 1 is 0.754 bits per heavy atom. The number of halogens is 1. The number of hydrogen-bond donors (Lipinski definition) is 6. The van der Waals surface area contributed by atoms with Crippen LogP contribution in [0.3, 0.4) is 0 Å². The van der Waals surface area contributed by atoms with Crippen LogP contribution in [0, 0.1) is 5.92 Å². The van der Waals surface area contributed by atoms with E-state index in [0.29, 0.717) is 6.42 Å². The predicted octanol–water partition coefficient (Wildman–Crippen LogP) is 7.25. The van der Waals surface area contributed by atoms with Crippen molar-refractivity contribution in [3.8, 4) is 11.5 Å². The van der Waals surface area contributed by atoms with Gasteiger partial charge in [-0.3, -0.25) is 24.0 Å². The number of phenols is 2. The SMILES string of the molecule is CCC(C)(Nc1c(Nc2cccc(C(=O)N(C)C)c2O)c(=O)c1=O)c1cccc(C2CCC([C@@H](Nc3c(Nc4ccc(Cl)c(S(=O)(=O)N(C)C)c4O)c(=O)c3=O)c3ccccc3)CC2)c1. The third kappa shape index (κ3) is 8.73. The maximum Gasteiger partial charge on any atom is 0.257 e. The molecule has 0 spiro atoms. The lowest BCUT2D eigenvalue weighted by atomic mass is 9.74. The van der Waals surface area contributed by atoms with E-state index < -0.39 is 53.8 Å². The highest BCUT2D eigenvalue weighted by Crippen LogP contribution is 2.45. The molecule has 65 heavy (non-hydrogen) atoms. The van der Waals surface area contributed by atoms with Crippen molar-refractivity contribution in [1.82, 2.24) is 9.21 Å². The van der Waals surface area contributed by atoms with Gasteiger partial charge in [-0.15, -0.1) is 0 Å². The van der Waals surface area contributed by atoms with E-state index in [1.807, 2.05) is 56.3 Å². The van der Waals surface area contributed by atoms with Gasteiger partial charge in [-0.2, -0.15) is 0 Å². The summed E-state index contributed by atoms with van der Waals surface area (Å²) in [5, 5.41) is 34.1. The minimum absolute atomic E-state index is 0.00478. The van der Waals surface area contributed by atoms with Crippen LogP contribution in [0.25, 0.3) is 0 Å². The van der Waals surface area contributed by atoms with Crippen molar-refractivity contribution < 1.29 is 23.4 Å². The number of benzene rings is 4. The van der Waals surface area contributed by atoms with Crippen molar-refractivity contribution in [1.29, 1.82) is 0 Å². The van der Waals surface area contributed by atoms with Crippen LogP contribution >= 0.6 is 11.6 Å². The quantitative estimate of drug-likeness (QED) is 0.0418. The molecule has 0 saturated heterocycles. The maximum absolute atomic E-state index is 13.2. The number of sulfonamides is 1. The van der Waals surface area contributed by atoms with Gasteiger partial charge in [0.25, 0.3) is 27.6 Å². The second-order valence-corrected chi connectivity index (χ2v) is 19.6. The summed E-state index contributed by atoms with van der Waals surface area (Å²) in [5.41, 5.74) is -0.799. The van der Waals surface area contributed by atoms with E-state index >= 15 is 0 Å². The van der Waals surface area contributed by atoms with Crippen molar-refractivity contribution in [2.75, 3.05) is 49.5 Å². The Bertz CT molecular complexity index is 3040. The predicted molar refractivity (Wildman–Crippen MR) is 255 cm³/mol. The van der Waals surface area contributed by atoms with Gasteiger partial charge in [0.2, 0.25) is 10.0 Å². The van der Waals surface area contributed by atoms with Crippen molar-refractivity contribution in [3.63, 3.8) is 0 Å². The van der Waals surface area contributed by atoms with Crippen molar-refractivity contribution in [2.45, 2.75) is 68.3 Å². The van der Waals surface area contributed by atoms with Gasteiger partial charge < -0.3 is 36.4 Å². The molecule has 6 aromatic rings. The van der Waals surface area contributed by atoms with Crippen molar-refractivity contribution >= 4 is 61.7 Å². The fourth-order valence-electron chi connectivity index (χ4n) is 8.53. The second kappa shape index (κ2) is 18.2. The highest BCUT2D eigenvalue weighted by atomic mass is 35.5. The molecule has 6 N–H and O–H groups in total. The first-order valence-corrected chi connectivity index (χ1v) is 23.0. The molecule has 6 aromatic carbocycles. The van der Waals surface area contributed by atoms with E-state index in [2.05, 4.69) is 33.4 Å². The number of carbonyl (C=O) groups is 1. The molecule has 1 aliphatic carbocycles. The van der Waals surface area contributed by atoms with E-state index in [1.165, 1.54) is 43.3 Å². The van der Waals surface area contributed by atoms with Crippen LogP contribution in [-0.4, -0.2) is 61.9 Å². The standard InChI is InChI=1S/C48H51ClN6O9S/c1-7-48(2,53-39-38(44(60)45(39)61)50-33-18-12-17-31(40(33)56)47(62)54(3)4)30-16-11-15-29(25-30)26-19-21-28(22-20-26)35(27-13-9-8-10-14-27)52-37-36(42(58)43(37)59)51-34-24-23-32(49)46(41(34)57)65(63,64)55(5)6/h8-18,23-26,28,35,50-53,56-57H,7,19-22H2,1-6H3/t26?,28?,35-,48?/m0/s1. The molecular weight excluding hydrogens is 872 g/mol. The molecule has 340 valence electrons. The largest absolute Gasteiger partial charge is 0.505 e. The summed E-state index contributed by atoms with van der Waals surface area (Å²) in [7, 11) is 1.54. The van der Waals surface area contributed by atoms with Crippen LogP contribution in [0.15, 0.2) is 109 Å². The molecule has 0 aliphatic heterocycles. The van der Waals surface area contributed by atoms with Crippen LogP contribution in [0.4, 0.5) is 34.1 Å². The first-order valence-electron chi connectivity index (χ1n) is 21.2. The van der Waals surface area contributed by atoms with Gasteiger partial charge in [-0.1, -0.05) is 79.2 Å². The number of para-hydroxylation sites is 1. The molecule has 1 unspecified atom stereocenters. The Kier molecular flexibility index (Phi) is 13.0. The summed E-state index contributed by atoms with van der Waals surface area (Å²) in [6.45, 7) is 3.93. The number of nitrogens with zero attached hydrogens (tertiary/aromatic N) is 2. The van der Waals surface area contributed by atoms with Crippen LogP contribution in [-0.2, 0) is 15.6 Å². The lowest BCUT2D eigenvalue weighted by Crippen LogP contribution is -2.42. The molecule has 0 heterocycles. The van der Waals surface area contributed by atoms with Crippen LogP contribution in [0.5, 0.6) is 11.5 Å². The third-order valence-electron chi connectivity index (χ3n) is 12.6. The first kappa shape index (κ1) is 46.5. The summed E-state index contributed by atoms with van der Waals surface area (Å²) in [6.07, 6.45) is 3.68. The maximum atomic E-state index is 13.2. The zero-order valence-corrected chi connectivity index (χ0v) is 38.4. The molecule has 17 heteroatoms. The highest BCUT2D eigenvalue weighted by Gasteiger charge is 2.36. The Hall–Kier alpha value is -6.49. The van der Waals surface area contributed by atoms with E-state index in [9.17, 15) is 42.6 Å².